The van der Waals surface area contributed by atoms with E-state index in [1.165, 1.54) is 23.1 Å². The first-order chi connectivity index (χ1) is 17.0. The number of aromatic nitrogens is 1. The Morgan fingerprint density at radius 3 is 2.35 bits per heavy atom. The molecule has 1 amide bonds. The van der Waals surface area contributed by atoms with E-state index in [1.807, 2.05) is 20.8 Å². The van der Waals surface area contributed by atoms with Crippen molar-refractivity contribution < 1.29 is 18.7 Å². The van der Waals surface area contributed by atoms with E-state index < -0.39 is 19.9 Å². The van der Waals surface area contributed by atoms with Crippen molar-refractivity contribution in [2.75, 3.05) is 26.2 Å². The zero-order valence-corrected chi connectivity index (χ0v) is 24.7. The van der Waals surface area contributed by atoms with E-state index in [2.05, 4.69) is 38.8 Å². The summed E-state index contributed by atoms with van der Waals surface area (Å²) in [6.07, 6.45) is -0.143. The van der Waals surface area contributed by atoms with Gasteiger partial charge in [0.15, 0.2) is 8.32 Å². The molecule has 1 aliphatic rings. The van der Waals surface area contributed by atoms with E-state index in [0.29, 0.717) is 31.7 Å². The highest BCUT2D eigenvalue weighted by Gasteiger charge is 2.41. The lowest BCUT2D eigenvalue weighted by atomic mass is 9.93. The number of amides is 1. The first-order valence-corrected chi connectivity index (χ1v) is 16.1. The van der Waals surface area contributed by atoms with Crippen LogP contribution in [0.2, 0.25) is 18.1 Å². The number of pyridine rings is 1. The summed E-state index contributed by atoms with van der Waals surface area (Å²) < 4.78 is 22.4. The van der Waals surface area contributed by atoms with Crippen LogP contribution in [0.5, 0.6) is 0 Å². The fourth-order valence-electron chi connectivity index (χ4n) is 4.87. The molecule has 1 N–H and O–H groups in total. The number of fused-ring (bicyclic) bond motifs is 1. The maximum absolute atomic E-state index is 14.0. The summed E-state index contributed by atoms with van der Waals surface area (Å²) in [5.41, 5.74) is -0.0880. The summed E-state index contributed by atoms with van der Waals surface area (Å²) >= 11 is 0. The molecule has 0 saturated carbocycles. The summed E-state index contributed by atoms with van der Waals surface area (Å²) in [6.45, 7) is 19.7. The summed E-state index contributed by atoms with van der Waals surface area (Å²) in [4.78, 5) is 28.6. The maximum Gasteiger partial charge on any atom is 0.407 e. The van der Waals surface area contributed by atoms with E-state index in [4.69, 9.17) is 4.43 Å². The van der Waals surface area contributed by atoms with Gasteiger partial charge in [-0.05, 0) is 80.9 Å². The average molecular weight is 534 g/mol. The zero-order chi connectivity index (χ0) is 27.8. The lowest BCUT2D eigenvalue weighted by Crippen LogP contribution is -2.55. The molecule has 2 heterocycles. The van der Waals surface area contributed by atoms with Gasteiger partial charge in [-0.15, -0.1) is 0 Å². The van der Waals surface area contributed by atoms with Gasteiger partial charge in [0.2, 0.25) is 0 Å². The number of hydrogen-bond acceptors (Lipinski definition) is 4. The van der Waals surface area contributed by atoms with Crippen LogP contribution in [0.15, 0.2) is 35.1 Å². The van der Waals surface area contributed by atoms with E-state index in [1.54, 1.807) is 16.7 Å². The molecule has 3 rings (SSSR count). The predicted molar refractivity (Wildman–Crippen MR) is 149 cm³/mol. The number of carboxylic acid groups (broad SMARTS) is 1. The number of hydrogen-bond donors (Lipinski definition) is 1. The molecule has 1 aliphatic heterocycles. The molecule has 7 nitrogen and oxygen atoms in total. The fourth-order valence-corrected chi connectivity index (χ4v) is 6.23. The molecular weight excluding hydrogens is 489 g/mol. The van der Waals surface area contributed by atoms with Gasteiger partial charge < -0.3 is 19.0 Å². The average Bonchev–Trinajstić information content (AvgIpc) is 2.74. The van der Waals surface area contributed by atoms with Crippen LogP contribution in [0, 0.1) is 11.7 Å². The molecule has 9 heteroatoms. The Morgan fingerprint density at radius 1 is 1.11 bits per heavy atom. The first kappa shape index (κ1) is 29.3. The third-order valence-electron chi connectivity index (χ3n) is 7.92. The Kier molecular flexibility index (Phi) is 8.61. The molecule has 1 fully saturated rings. The molecule has 1 aromatic carbocycles. The van der Waals surface area contributed by atoms with E-state index in [0.717, 1.165) is 18.4 Å². The van der Waals surface area contributed by atoms with Crippen LogP contribution in [0.25, 0.3) is 10.9 Å². The second kappa shape index (κ2) is 10.9. The van der Waals surface area contributed by atoms with Crippen molar-refractivity contribution in [1.82, 2.24) is 14.4 Å². The highest BCUT2D eigenvalue weighted by atomic mass is 28.4. The van der Waals surface area contributed by atoms with Crippen molar-refractivity contribution in [3.8, 4) is 0 Å². The van der Waals surface area contributed by atoms with Gasteiger partial charge in [0.25, 0.3) is 5.56 Å². The minimum absolute atomic E-state index is 0.0167. The van der Waals surface area contributed by atoms with Gasteiger partial charge in [-0.25, -0.2) is 9.18 Å². The van der Waals surface area contributed by atoms with Gasteiger partial charge in [-0.1, -0.05) is 20.8 Å². The van der Waals surface area contributed by atoms with Crippen LogP contribution in [-0.2, 0) is 11.0 Å². The topological polar surface area (TPSA) is 75.0 Å². The minimum Gasteiger partial charge on any atom is -0.465 e. The van der Waals surface area contributed by atoms with Gasteiger partial charge >= 0.3 is 6.09 Å². The van der Waals surface area contributed by atoms with Gasteiger partial charge in [0, 0.05) is 44.3 Å². The number of halogens is 1. The van der Waals surface area contributed by atoms with Gasteiger partial charge in [-0.3, -0.25) is 9.69 Å². The van der Waals surface area contributed by atoms with Gasteiger partial charge in [0.1, 0.15) is 5.82 Å². The van der Waals surface area contributed by atoms with Crippen LogP contribution in [-0.4, -0.2) is 71.7 Å². The van der Waals surface area contributed by atoms with Gasteiger partial charge in [0.05, 0.1) is 11.6 Å². The lowest BCUT2D eigenvalue weighted by molar-refractivity contribution is 0.0206. The highest BCUT2D eigenvalue weighted by molar-refractivity contribution is 6.74. The molecule has 206 valence electrons. The number of rotatable bonds is 7. The summed E-state index contributed by atoms with van der Waals surface area (Å²) in [7, 11) is -2.04. The van der Waals surface area contributed by atoms with Crippen molar-refractivity contribution in [1.29, 1.82) is 0 Å². The Bertz CT molecular complexity index is 1170. The molecule has 37 heavy (non-hydrogen) atoms. The molecule has 0 radical (unpaired) electrons. The predicted octanol–water partition coefficient (Wildman–Crippen LogP) is 5.63. The molecule has 2 aromatic rings. The summed E-state index contributed by atoms with van der Waals surface area (Å²) in [5, 5.41) is 10.8. The summed E-state index contributed by atoms with van der Waals surface area (Å²) in [5.74, 6) is -0.274. The maximum atomic E-state index is 14.0. The number of benzene rings is 1. The zero-order valence-electron chi connectivity index (χ0n) is 23.7. The smallest absolute Gasteiger partial charge is 0.407 e. The molecule has 0 spiro atoms. The molecule has 1 aromatic heterocycles. The van der Waals surface area contributed by atoms with Crippen molar-refractivity contribution in [2.24, 2.45) is 5.92 Å². The molecule has 2 atom stereocenters. The lowest BCUT2D eigenvalue weighted by Gasteiger charge is -2.46. The fraction of sp³-hybridized carbons (Fsp3) is 0.643. The quantitative estimate of drug-likeness (QED) is 0.467. The SMILES string of the molecule is CC(C)(C)N(C[C@@H]1C[C@H](O[Si](C)(C)C(C)(C)C)CN(CCn2c(=O)ccc3ccc(F)cc32)C1)C(=O)O. The van der Waals surface area contributed by atoms with E-state index >= 15 is 0 Å². The number of likely N-dealkylation sites (tertiary alicyclic amines) is 1. The van der Waals surface area contributed by atoms with Crippen LogP contribution < -0.4 is 5.56 Å². The molecule has 0 bridgehead atoms. The molecule has 0 unspecified atom stereocenters. The van der Waals surface area contributed by atoms with E-state index in [9.17, 15) is 19.1 Å². The van der Waals surface area contributed by atoms with Crippen LogP contribution in [0.4, 0.5) is 9.18 Å². The Balaban J connectivity index is 1.85. The number of carbonyl (C=O) groups is 1. The number of piperidine rings is 1. The van der Waals surface area contributed by atoms with Crippen molar-refractivity contribution in [3.63, 3.8) is 0 Å². The van der Waals surface area contributed by atoms with Crippen molar-refractivity contribution in [3.05, 3.63) is 46.5 Å². The van der Waals surface area contributed by atoms with Crippen molar-refractivity contribution in [2.45, 2.75) is 84.3 Å². The Hall–Kier alpha value is -2.23. The molecule has 0 aliphatic carbocycles. The van der Waals surface area contributed by atoms with Crippen LogP contribution >= 0.6 is 0 Å². The standard InChI is InChI=1S/C28H44FN3O4Si/c1-27(2,3)32(26(34)35)18-20-15-23(36-37(7,8)28(4,5)6)19-30(17-20)13-14-31-24-16-22(29)11-9-21(24)10-12-25(31)33/h9-12,16,20,23H,13-15,17-19H2,1-8H3,(H,34,35)/t20-,23+/m1/s1. The second-order valence-corrected chi connectivity index (χ2v) is 17.7. The third-order valence-corrected chi connectivity index (χ3v) is 12.5. The van der Waals surface area contributed by atoms with Crippen LogP contribution in [0.1, 0.15) is 48.0 Å². The largest absolute Gasteiger partial charge is 0.465 e. The third kappa shape index (κ3) is 7.21. The monoisotopic (exact) mass is 533 g/mol. The summed E-state index contributed by atoms with van der Waals surface area (Å²) in [6, 6.07) is 7.75. The number of nitrogens with zero attached hydrogens (tertiary/aromatic N) is 3. The Morgan fingerprint density at radius 2 is 1.76 bits per heavy atom. The Labute approximate surface area is 221 Å². The highest BCUT2D eigenvalue weighted by Crippen LogP contribution is 2.38. The minimum atomic E-state index is -2.04. The van der Waals surface area contributed by atoms with Crippen LogP contribution in [0.3, 0.4) is 0 Å². The molecular formula is C28H44FN3O4Si. The molecule has 1 saturated heterocycles. The second-order valence-electron chi connectivity index (χ2n) is 13.0. The van der Waals surface area contributed by atoms with E-state index in [-0.39, 0.29) is 28.4 Å². The van der Waals surface area contributed by atoms with Gasteiger partial charge in [-0.2, -0.15) is 0 Å². The first-order valence-electron chi connectivity index (χ1n) is 13.2. The van der Waals surface area contributed by atoms with Crippen molar-refractivity contribution >= 4 is 25.3 Å². The normalized spacial score (nSPS) is 19.8.